The number of carbonyl (C=O) groups excluding carboxylic acids is 1. The van der Waals surface area contributed by atoms with Crippen LogP contribution in [0.5, 0.6) is 0 Å². The largest absolute Gasteiger partial charge is 0.356 e. The molecule has 0 radical (unpaired) electrons. The van der Waals surface area contributed by atoms with Gasteiger partial charge in [0.25, 0.3) is 0 Å². The fraction of sp³-hybridized carbons (Fsp3) is 0.364. The summed E-state index contributed by atoms with van der Waals surface area (Å²) < 4.78 is 12.9. The average molecular weight is 512 g/mol. The van der Waals surface area contributed by atoms with E-state index in [9.17, 15) is 9.18 Å². The highest BCUT2D eigenvalue weighted by Gasteiger charge is 2.06. The van der Waals surface area contributed by atoms with Crippen molar-refractivity contribution in [3.8, 4) is 0 Å². The summed E-state index contributed by atoms with van der Waals surface area (Å²) in [6.45, 7) is 5.32. The monoisotopic (exact) mass is 512 g/mol. The second kappa shape index (κ2) is 13.1. The number of amides is 1. The third-order valence-electron chi connectivity index (χ3n) is 4.11. The maximum atomic E-state index is 12.9. The molecule has 0 aliphatic carbocycles. The van der Waals surface area contributed by atoms with Crippen LogP contribution in [0.2, 0.25) is 0 Å². The maximum Gasteiger partial charge on any atom is 0.224 e. The standard InChI is InChI=1S/C22H29FN4O.HI/c1-16(2)13-21(28)27-20-6-4-5-18(14-20)15-26-22(24-3)25-12-11-17-7-9-19(23)10-8-17;/h4-10,14,16H,11-13,15H2,1-3H3,(H,27,28)(H2,24,25,26);1H. The summed E-state index contributed by atoms with van der Waals surface area (Å²) in [6, 6.07) is 14.3. The van der Waals surface area contributed by atoms with E-state index >= 15 is 0 Å². The van der Waals surface area contributed by atoms with Crippen LogP contribution in [0, 0.1) is 11.7 Å². The Labute approximate surface area is 189 Å². The van der Waals surface area contributed by atoms with Gasteiger partial charge in [0, 0.05) is 32.2 Å². The molecule has 7 heteroatoms. The molecule has 0 heterocycles. The van der Waals surface area contributed by atoms with E-state index in [-0.39, 0.29) is 35.7 Å². The first-order valence-corrected chi connectivity index (χ1v) is 9.54. The lowest BCUT2D eigenvalue weighted by Crippen LogP contribution is -2.37. The number of guanidine groups is 1. The van der Waals surface area contributed by atoms with Gasteiger partial charge in [-0.3, -0.25) is 9.79 Å². The van der Waals surface area contributed by atoms with Gasteiger partial charge in [-0.2, -0.15) is 0 Å². The van der Waals surface area contributed by atoms with E-state index in [1.165, 1.54) is 12.1 Å². The van der Waals surface area contributed by atoms with Crippen molar-refractivity contribution in [2.24, 2.45) is 10.9 Å². The zero-order chi connectivity index (χ0) is 20.4. The summed E-state index contributed by atoms with van der Waals surface area (Å²) in [5.74, 6) is 0.820. The number of hydrogen-bond acceptors (Lipinski definition) is 2. The van der Waals surface area contributed by atoms with Gasteiger partial charge in [-0.15, -0.1) is 24.0 Å². The van der Waals surface area contributed by atoms with E-state index in [4.69, 9.17) is 0 Å². The molecular formula is C22H30FIN4O. The molecule has 0 fully saturated rings. The minimum Gasteiger partial charge on any atom is -0.356 e. The molecule has 2 aromatic carbocycles. The van der Waals surface area contributed by atoms with Crippen molar-refractivity contribution in [3.63, 3.8) is 0 Å². The van der Waals surface area contributed by atoms with Crippen LogP contribution in [-0.4, -0.2) is 25.5 Å². The Bertz CT molecular complexity index is 794. The van der Waals surface area contributed by atoms with Gasteiger partial charge in [-0.1, -0.05) is 38.1 Å². The number of aliphatic imine (C=N–C) groups is 1. The highest BCUT2D eigenvalue weighted by molar-refractivity contribution is 14.0. The number of anilines is 1. The molecule has 3 N–H and O–H groups in total. The molecule has 2 rings (SSSR count). The van der Waals surface area contributed by atoms with Crippen LogP contribution in [0.15, 0.2) is 53.5 Å². The van der Waals surface area contributed by atoms with Crippen LogP contribution in [-0.2, 0) is 17.8 Å². The molecule has 0 saturated carbocycles. The molecule has 0 aliphatic rings. The summed E-state index contributed by atoms with van der Waals surface area (Å²) in [5, 5.41) is 9.44. The van der Waals surface area contributed by atoms with Gasteiger partial charge < -0.3 is 16.0 Å². The number of benzene rings is 2. The van der Waals surface area contributed by atoms with Crippen LogP contribution in [0.4, 0.5) is 10.1 Å². The van der Waals surface area contributed by atoms with Crippen molar-refractivity contribution in [1.29, 1.82) is 0 Å². The van der Waals surface area contributed by atoms with Gasteiger partial charge in [0.2, 0.25) is 5.91 Å². The molecule has 0 bridgehead atoms. The van der Waals surface area contributed by atoms with E-state index in [0.29, 0.717) is 31.4 Å². The molecule has 0 atom stereocenters. The van der Waals surface area contributed by atoms with Gasteiger partial charge in [-0.25, -0.2) is 4.39 Å². The Kier molecular flexibility index (Phi) is 11.3. The summed E-state index contributed by atoms with van der Waals surface area (Å²) in [5.41, 5.74) is 2.90. The lowest BCUT2D eigenvalue weighted by Gasteiger charge is -2.13. The molecule has 0 aromatic heterocycles. The van der Waals surface area contributed by atoms with E-state index in [1.807, 2.05) is 38.1 Å². The summed E-state index contributed by atoms with van der Waals surface area (Å²) >= 11 is 0. The Morgan fingerprint density at radius 2 is 1.79 bits per heavy atom. The Morgan fingerprint density at radius 1 is 1.07 bits per heavy atom. The van der Waals surface area contributed by atoms with Crippen LogP contribution in [0.3, 0.4) is 0 Å². The van der Waals surface area contributed by atoms with Gasteiger partial charge in [0.05, 0.1) is 0 Å². The third kappa shape index (κ3) is 9.74. The predicted octanol–water partition coefficient (Wildman–Crippen LogP) is 4.34. The second-order valence-corrected chi connectivity index (χ2v) is 7.08. The summed E-state index contributed by atoms with van der Waals surface area (Å²) in [4.78, 5) is 16.1. The first-order valence-electron chi connectivity index (χ1n) is 9.54. The van der Waals surface area contributed by atoms with Crippen molar-refractivity contribution in [3.05, 3.63) is 65.5 Å². The molecule has 5 nitrogen and oxygen atoms in total. The minimum atomic E-state index is -0.225. The Balaban J connectivity index is 0.00000420. The van der Waals surface area contributed by atoms with Gasteiger partial charge in [-0.05, 0) is 47.7 Å². The molecule has 1 amide bonds. The van der Waals surface area contributed by atoms with Crippen molar-refractivity contribution in [2.45, 2.75) is 33.2 Å². The van der Waals surface area contributed by atoms with Gasteiger partial charge >= 0.3 is 0 Å². The summed E-state index contributed by atoms with van der Waals surface area (Å²) in [6.07, 6.45) is 1.28. The van der Waals surface area contributed by atoms with Crippen LogP contribution < -0.4 is 16.0 Å². The molecular weight excluding hydrogens is 482 g/mol. The number of hydrogen-bond donors (Lipinski definition) is 3. The van der Waals surface area contributed by atoms with E-state index < -0.39 is 0 Å². The van der Waals surface area contributed by atoms with Gasteiger partial charge in [0.1, 0.15) is 5.82 Å². The van der Waals surface area contributed by atoms with E-state index in [2.05, 4.69) is 20.9 Å². The topological polar surface area (TPSA) is 65.5 Å². The van der Waals surface area contributed by atoms with Crippen molar-refractivity contribution in [2.75, 3.05) is 18.9 Å². The fourth-order valence-electron chi connectivity index (χ4n) is 2.72. The SMILES string of the molecule is CN=C(NCCc1ccc(F)cc1)NCc1cccc(NC(=O)CC(C)C)c1.I. The minimum absolute atomic E-state index is 0. The molecule has 0 unspecified atom stereocenters. The van der Waals surface area contributed by atoms with Gasteiger partial charge in [0.15, 0.2) is 5.96 Å². The number of rotatable bonds is 8. The Hall–Kier alpha value is -2.16. The van der Waals surface area contributed by atoms with Crippen LogP contribution in [0.1, 0.15) is 31.4 Å². The first kappa shape index (κ1) is 24.9. The fourth-order valence-corrected chi connectivity index (χ4v) is 2.72. The smallest absolute Gasteiger partial charge is 0.224 e. The summed E-state index contributed by atoms with van der Waals surface area (Å²) in [7, 11) is 1.72. The maximum absolute atomic E-state index is 12.9. The van der Waals surface area contributed by atoms with E-state index in [1.54, 1.807) is 19.2 Å². The molecule has 0 saturated heterocycles. The second-order valence-electron chi connectivity index (χ2n) is 7.08. The number of carbonyl (C=O) groups is 1. The van der Waals surface area contributed by atoms with Crippen LogP contribution >= 0.6 is 24.0 Å². The highest BCUT2D eigenvalue weighted by atomic mass is 127. The van der Waals surface area contributed by atoms with Crippen molar-refractivity contribution < 1.29 is 9.18 Å². The molecule has 0 aliphatic heterocycles. The number of halogens is 2. The molecule has 0 spiro atoms. The quantitative estimate of drug-likeness (QED) is 0.280. The first-order chi connectivity index (χ1) is 13.5. The average Bonchev–Trinajstić information content (AvgIpc) is 2.65. The third-order valence-corrected chi connectivity index (χ3v) is 4.11. The normalized spacial score (nSPS) is 11.0. The van der Waals surface area contributed by atoms with Crippen molar-refractivity contribution >= 4 is 41.5 Å². The zero-order valence-corrected chi connectivity index (χ0v) is 19.5. The molecule has 29 heavy (non-hydrogen) atoms. The molecule has 2 aromatic rings. The lowest BCUT2D eigenvalue weighted by molar-refractivity contribution is -0.116. The predicted molar refractivity (Wildman–Crippen MR) is 128 cm³/mol. The number of nitrogens with zero attached hydrogens (tertiary/aromatic N) is 1. The Morgan fingerprint density at radius 3 is 2.45 bits per heavy atom. The lowest BCUT2D eigenvalue weighted by atomic mass is 10.1. The molecule has 158 valence electrons. The van der Waals surface area contributed by atoms with Crippen molar-refractivity contribution in [1.82, 2.24) is 10.6 Å². The van der Waals surface area contributed by atoms with E-state index in [0.717, 1.165) is 23.2 Å². The van der Waals surface area contributed by atoms with Crippen LogP contribution in [0.25, 0.3) is 0 Å². The number of nitrogens with one attached hydrogen (secondary N) is 3. The highest BCUT2D eigenvalue weighted by Crippen LogP contribution is 2.12. The zero-order valence-electron chi connectivity index (χ0n) is 17.2.